The van der Waals surface area contributed by atoms with Crippen molar-refractivity contribution in [1.82, 2.24) is 25.6 Å². The third kappa shape index (κ3) is 4.18. The number of amides is 4. The second kappa shape index (κ2) is 8.26. The Hall–Kier alpha value is -1.48. The zero-order chi connectivity index (χ0) is 19.7. The summed E-state index contributed by atoms with van der Waals surface area (Å²) in [5.41, 5.74) is 3.12. The summed E-state index contributed by atoms with van der Waals surface area (Å²) in [7, 11) is 0. The van der Waals surface area contributed by atoms with Crippen LogP contribution in [-0.2, 0) is 9.59 Å². The van der Waals surface area contributed by atoms with Gasteiger partial charge in [0.1, 0.15) is 11.8 Å². The fraction of sp³-hybridized carbons (Fsp3) is 0.833. The minimum Gasteiger partial charge on any atom is -0.354 e. The average molecular weight is 398 g/mol. The molecule has 9 heteroatoms. The molecule has 152 valence electrons. The van der Waals surface area contributed by atoms with Crippen LogP contribution in [0.2, 0.25) is 0 Å². The van der Waals surface area contributed by atoms with Crippen LogP contribution in [-0.4, -0.2) is 75.6 Å². The van der Waals surface area contributed by atoms with Gasteiger partial charge in [-0.2, -0.15) is 5.43 Å². The van der Waals surface area contributed by atoms with Gasteiger partial charge in [0.05, 0.1) is 6.04 Å². The van der Waals surface area contributed by atoms with E-state index >= 15 is 0 Å². The van der Waals surface area contributed by atoms with Gasteiger partial charge in [-0.15, -0.1) is 11.8 Å². The summed E-state index contributed by atoms with van der Waals surface area (Å²) in [5.74, 6) is 1.60. The quantitative estimate of drug-likeness (QED) is 0.671. The Kier molecular flexibility index (Phi) is 6.20. The highest BCUT2D eigenvalue weighted by Crippen LogP contribution is 2.39. The van der Waals surface area contributed by atoms with Crippen LogP contribution < -0.4 is 10.7 Å². The molecule has 0 aliphatic carbocycles. The summed E-state index contributed by atoms with van der Waals surface area (Å²) in [6.07, 6.45) is 1.23. The first-order valence-corrected chi connectivity index (χ1v) is 10.9. The fourth-order valence-corrected chi connectivity index (χ4v) is 5.22. The number of fused-ring (bicyclic) bond motifs is 3. The Morgan fingerprint density at radius 1 is 1.26 bits per heavy atom. The van der Waals surface area contributed by atoms with Crippen LogP contribution >= 0.6 is 11.8 Å². The lowest BCUT2D eigenvalue weighted by atomic mass is 10.0. The number of carbonyl (C=O) groups excluding carboxylic acids is 3. The maximum Gasteiger partial charge on any atom is 0.337 e. The van der Waals surface area contributed by atoms with Crippen molar-refractivity contribution >= 4 is 29.6 Å². The van der Waals surface area contributed by atoms with Crippen molar-refractivity contribution in [2.75, 3.05) is 25.4 Å². The zero-order valence-electron chi connectivity index (χ0n) is 16.6. The van der Waals surface area contributed by atoms with Crippen LogP contribution in [0.4, 0.5) is 4.79 Å². The van der Waals surface area contributed by atoms with Gasteiger partial charge in [-0.05, 0) is 30.4 Å². The number of hydrazine groups is 1. The first-order chi connectivity index (χ1) is 12.8. The van der Waals surface area contributed by atoms with Crippen LogP contribution in [0.25, 0.3) is 0 Å². The zero-order valence-corrected chi connectivity index (χ0v) is 17.4. The molecule has 3 heterocycles. The lowest BCUT2D eigenvalue weighted by Crippen LogP contribution is -2.66. The molecule has 3 aliphatic rings. The lowest BCUT2D eigenvalue weighted by Gasteiger charge is -2.44. The third-order valence-corrected chi connectivity index (χ3v) is 6.48. The molecule has 0 aromatic carbocycles. The molecular weight excluding hydrogens is 366 g/mol. The van der Waals surface area contributed by atoms with E-state index in [-0.39, 0.29) is 35.7 Å². The van der Waals surface area contributed by atoms with Gasteiger partial charge in [-0.3, -0.25) is 14.5 Å². The molecule has 4 amide bonds. The number of carbonyl (C=O) groups is 3. The van der Waals surface area contributed by atoms with Crippen molar-refractivity contribution in [3.63, 3.8) is 0 Å². The summed E-state index contributed by atoms with van der Waals surface area (Å²) in [6.45, 7) is 9.46. The molecule has 0 aromatic rings. The monoisotopic (exact) mass is 397 g/mol. The number of nitrogens with one attached hydrogen (secondary N) is 2. The van der Waals surface area contributed by atoms with Crippen molar-refractivity contribution in [3.05, 3.63) is 0 Å². The molecule has 3 aliphatic heterocycles. The van der Waals surface area contributed by atoms with Crippen molar-refractivity contribution in [2.45, 2.75) is 58.1 Å². The maximum atomic E-state index is 13.0. The molecule has 3 atom stereocenters. The Morgan fingerprint density at radius 3 is 2.67 bits per heavy atom. The number of hydrogen-bond donors (Lipinski definition) is 2. The summed E-state index contributed by atoms with van der Waals surface area (Å²) >= 11 is 1.63. The van der Waals surface area contributed by atoms with E-state index < -0.39 is 6.29 Å². The minimum atomic E-state index is -0.490. The van der Waals surface area contributed by atoms with E-state index in [9.17, 15) is 14.4 Å². The molecule has 8 nitrogen and oxygen atoms in total. The molecule has 3 rings (SSSR count). The van der Waals surface area contributed by atoms with Crippen LogP contribution in [0.3, 0.4) is 0 Å². The van der Waals surface area contributed by atoms with E-state index in [1.165, 1.54) is 5.01 Å². The molecule has 3 saturated heterocycles. The Balaban J connectivity index is 1.70. The van der Waals surface area contributed by atoms with E-state index in [0.29, 0.717) is 24.9 Å². The van der Waals surface area contributed by atoms with E-state index in [2.05, 4.69) is 38.4 Å². The molecule has 0 bridgehead atoms. The minimum absolute atomic E-state index is 0.0435. The molecule has 0 radical (unpaired) electrons. The molecule has 27 heavy (non-hydrogen) atoms. The number of hydrogen-bond acceptors (Lipinski definition) is 5. The van der Waals surface area contributed by atoms with Gasteiger partial charge < -0.3 is 10.2 Å². The topological polar surface area (TPSA) is 85.0 Å². The number of thioether (sulfide) groups is 1. The van der Waals surface area contributed by atoms with Crippen molar-refractivity contribution < 1.29 is 14.4 Å². The van der Waals surface area contributed by atoms with Crippen LogP contribution in [0.5, 0.6) is 0 Å². The average Bonchev–Trinajstić information content (AvgIpc) is 3.16. The second-order valence-corrected chi connectivity index (χ2v) is 9.59. The second-order valence-electron chi connectivity index (χ2n) is 8.34. The third-order valence-electron chi connectivity index (χ3n) is 5.13. The molecular formula is C18H31N5O3S. The van der Waals surface area contributed by atoms with Gasteiger partial charge >= 0.3 is 6.03 Å². The highest BCUT2D eigenvalue weighted by atomic mass is 32.2. The Bertz CT molecular complexity index is 600. The first-order valence-electron chi connectivity index (χ1n) is 9.84. The molecule has 0 spiro atoms. The Morgan fingerprint density at radius 2 is 2.00 bits per heavy atom. The number of urea groups is 1. The SMILES string of the molecule is CC(C)CCNC(=O)CN1NC2N(CC(C)C)C(=O)C3SCCC3N2C1=O. The molecule has 0 aromatic heterocycles. The van der Waals surface area contributed by atoms with E-state index in [1.54, 1.807) is 21.6 Å². The largest absolute Gasteiger partial charge is 0.354 e. The van der Waals surface area contributed by atoms with E-state index in [0.717, 1.165) is 18.6 Å². The molecule has 2 N–H and O–H groups in total. The standard InChI is InChI=1S/C18H31N5O3S/c1-11(2)5-7-19-14(24)10-22-18(26)23-13-6-8-27-15(13)16(25)21(9-12(3)4)17(23)20-22/h11-13,15,17,20H,5-10H2,1-4H3,(H,19,24). The predicted octanol–water partition coefficient (Wildman–Crippen LogP) is 1.05. The normalized spacial score (nSPS) is 27.6. The highest BCUT2D eigenvalue weighted by Gasteiger charge is 2.55. The van der Waals surface area contributed by atoms with Gasteiger partial charge in [-0.25, -0.2) is 9.80 Å². The Labute approximate surface area is 165 Å². The van der Waals surface area contributed by atoms with Gasteiger partial charge in [0.2, 0.25) is 11.8 Å². The smallest absolute Gasteiger partial charge is 0.337 e. The van der Waals surface area contributed by atoms with Crippen molar-refractivity contribution in [2.24, 2.45) is 11.8 Å². The van der Waals surface area contributed by atoms with Crippen molar-refractivity contribution in [1.29, 1.82) is 0 Å². The molecule has 3 fully saturated rings. The number of rotatable bonds is 7. The van der Waals surface area contributed by atoms with Gasteiger partial charge in [0, 0.05) is 13.1 Å². The number of nitrogens with zero attached hydrogens (tertiary/aromatic N) is 3. The van der Waals surface area contributed by atoms with Gasteiger partial charge in [-0.1, -0.05) is 27.7 Å². The van der Waals surface area contributed by atoms with Crippen molar-refractivity contribution in [3.8, 4) is 0 Å². The summed E-state index contributed by atoms with van der Waals surface area (Å²) in [5, 5.41) is 4.04. The fourth-order valence-electron chi connectivity index (χ4n) is 3.82. The van der Waals surface area contributed by atoms with Crippen LogP contribution in [0.15, 0.2) is 0 Å². The summed E-state index contributed by atoms with van der Waals surface area (Å²) < 4.78 is 0. The van der Waals surface area contributed by atoms with Gasteiger partial charge in [0.15, 0.2) is 6.29 Å². The van der Waals surface area contributed by atoms with E-state index in [4.69, 9.17) is 0 Å². The first kappa shape index (κ1) is 20.3. The highest BCUT2D eigenvalue weighted by molar-refractivity contribution is 8.00. The predicted molar refractivity (Wildman–Crippen MR) is 105 cm³/mol. The molecule has 3 unspecified atom stereocenters. The van der Waals surface area contributed by atoms with Crippen LogP contribution in [0, 0.1) is 11.8 Å². The van der Waals surface area contributed by atoms with E-state index in [1.807, 2.05) is 0 Å². The molecule has 0 saturated carbocycles. The van der Waals surface area contributed by atoms with Crippen LogP contribution in [0.1, 0.15) is 40.5 Å². The summed E-state index contributed by atoms with van der Waals surface area (Å²) in [6, 6.07) is -0.303. The van der Waals surface area contributed by atoms with Gasteiger partial charge in [0.25, 0.3) is 0 Å². The maximum absolute atomic E-state index is 13.0. The summed E-state index contributed by atoms with van der Waals surface area (Å²) in [4.78, 5) is 41.7. The lowest BCUT2D eigenvalue weighted by molar-refractivity contribution is -0.145.